The van der Waals surface area contributed by atoms with E-state index in [-0.39, 0.29) is 0 Å². The molecule has 0 aliphatic carbocycles. The van der Waals surface area contributed by atoms with Crippen LogP contribution in [0.4, 0.5) is 5.69 Å². The van der Waals surface area contributed by atoms with Crippen LogP contribution in [0.25, 0.3) is 6.08 Å². The second kappa shape index (κ2) is 9.31. The number of hydrogen-bond acceptors (Lipinski definition) is 3. The zero-order valence-electron chi connectivity index (χ0n) is 16.4. The van der Waals surface area contributed by atoms with Crippen LogP contribution >= 0.6 is 0 Å². The fourth-order valence-electron chi connectivity index (χ4n) is 3.44. The molecule has 0 unspecified atom stereocenters. The number of anilines is 1. The average molecular weight is 364 g/mol. The normalized spacial score (nSPS) is 13.7. The molecule has 2 aromatic rings. The SMILES string of the molecule is C=C(/C=C/c1ccc2c(c1)OCO2)N(c1ccccc1)[C@H](CC)CCCC. The third-order valence-corrected chi connectivity index (χ3v) is 4.94. The van der Waals surface area contributed by atoms with Crippen molar-refractivity contribution in [2.45, 2.75) is 45.6 Å². The molecule has 1 heterocycles. The average Bonchev–Trinajstić information content (AvgIpc) is 3.18. The molecule has 1 atom stereocenters. The smallest absolute Gasteiger partial charge is 0.231 e. The van der Waals surface area contributed by atoms with E-state index in [1.54, 1.807) is 0 Å². The topological polar surface area (TPSA) is 21.7 Å². The summed E-state index contributed by atoms with van der Waals surface area (Å²) in [7, 11) is 0. The van der Waals surface area contributed by atoms with Crippen LogP contribution in [0.3, 0.4) is 0 Å². The molecule has 1 aliphatic rings. The van der Waals surface area contributed by atoms with E-state index < -0.39 is 0 Å². The second-order valence-electron chi connectivity index (χ2n) is 6.85. The molecule has 0 N–H and O–H groups in total. The van der Waals surface area contributed by atoms with E-state index in [2.05, 4.69) is 67.8 Å². The molecule has 2 aromatic carbocycles. The van der Waals surface area contributed by atoms with Gasteiger partial charge in [0.05, 0.1) is 0 Å². The van der Waals surface area contributed by atoms with Crippen LogP contribution < -0.4 is 14.4 Å². The maximum absolute atomic E-state index is 5.47. The summed E-state index contributed by atoms with van der Waals surface area (Å²) in [4.78, 5) is 2.37. The number of nitrogens with zero attached hydrogens (tertiary/aromatic N) is 1. The molecule has 0 spiro atoms. The van der Waals surface area contributed by atoms with E-state index >= 15 is 0 Å². The van der Waals surface area contributed by atoms with E-state index in [4.69, 9.17) is 9.47 Å². The van der Waals surface area contributed by atoms with Crippen molar-refractivity contribution in [2.75, 3.05) is 11.7 Å². The summed E-state index contributed by atoms with van der Waals surface area (Å²) in [6.07, 6.45) is 8.87. The van der Waals surface area contributed by atoms with Gasteiger partial charge in [0.1, 0.15) is 0 Å². The Hall–Kier alpha value is -2.68. The monoisotopic (exact) mass is 363 g/mol. The molecule has 27 heavy (non-hydrogen) atoms. The Morgan fingerprint density at radius 1 is 1.11 bits per heavy atom. The Morgan fingerprint density at radius 3 is 2.63 bits per heavy atom. The van der Waals surface area contributed by atoms with Crippen molar-refractivity contribution >= 4 is 11.8 Å². The van der Waals surface area contributed by atoms with Crippen molar-refractivity contribution in [1.82, 2.24) is 0 Å². The third kappa shape index (κ3) is 4.73. The van der Waals surface area contributed by atoms with Crippen LogP contribution in [0.1, 0.15) is 45.1 Å². The van der Waals surface area contributed by atoms with Crippen LogP contribution in [0.5, 0.6) is 11.5 Å². The molecular weight excluding hydrogens is 334 g/mol. The lowest BCUT2D eigenvalue weighted by molar-refractivity contribution is 0.174. The van der Waals surface area contributed by atoms with E-state index in [9.17, 15) is 0 Å². The summed E-state index contributed by atoms with van der Waals surface area (Å²) in [6, 6.07) is 17.0. The molecule has 0 saturated heterocycles. The van der Waals surface area contributed by atoms with Gasteiger partial charge in [-0.1, -0.05) is 63.6 Å². The van der Waals surface area contributed by atoms with Crippen molar-refractivity contribution in [2.24, 2.45) is 0 Å². The van der Waals surface area contributed by atoms with Gasteiger partial charge in [0.2, 0.25) is 6.79 Å². The van der Waals surface area contributed by atoms with Crippen molar-refractivity contribution in [3.8, 4) is 11.5 Å². The number of allylic oxidation sites excluding steroid dienone is 1. The van der Waals surface area contributed by atoms with E-state index in [1.807, 2.05) is 18.2 Å². The van der Waals surface area contributed by atoms with Gasteiger partial charge in [-0.25, -0.2) is 0 Å². The van der Waals surface area contributed by atoms with Crippen LogP contribution in [0.15, 0.2) is 66.9 Å². The fourth-order valence-corrected chi connectivity index (χ4v) is 3.44. The first kappa shape index (κ1) is 19.1. The minimum atomic E-state index is 0.298. The van der Waals surface area contributed by atoms with Crippen molar-refractivity contribution in [3.63, 3.8) is 0 Å². The first-order chi connectivity index (χ1) is 13.2. The summed E-state index contributed by atoms with van der Waals surface area (Å²) >= 11 is 0. The summed E-state index contributed by atoms with van der Waals surface area (Å²) in [6.45, 7) is 9.18. The predicted octanol–water partition coefficient (Wildman–Crippen LogP) is 6.42. The Labute approximate surface area is 162 Å². The Morgan fingerprint density at radius 2 is 1.89 bits per heavy atom. The summed E-state index contributed by atoms with van der Waals surface area (Å²) in [5.41, 5.74) is 3.28. The number of ether oxygens (including phenoxy) is 2. The molecule has 3 rings (SSSR count). The minimum Gasteiger partial charge on any atom is -0.454 e. The molecule has 0 bridgehead atoms. The second-order valence-corrected chi connectivity index (χ2v) is 6.85. The Bertz CT molecular complexity index is 782. The van der Waals surface area contributed by atoms with E-state index in [1.165, 1.54) is 24.9 Å². The van der Waals surface area contributed by atoms with Gasteiger partial charge in [0.15, 0.2) is 11.5 Å². The highest BCUT2D eigenvalue weighted by Crippen LogP contribution is 2.33. The molecule has 0 amide bonds. The van der Waals surface area contributed by atoms with Crippen LogP contribution in [0, 0.1) is 0 Å². The maximum atomic E-state index is 5.47. The number of para-hydroxylation sites is 1. The first-order valence-corrected chi connectivity index (χ1v) is 9.83. The maximum Gasteiger partial charge on any atom is 0.231 e. The van der Waals surface area contributed by atoms with Gasteiger partial charge < -0.3 is 14.4 Å². The largest absolute Gasteiger partial charge is 0.454 e. The fraction of sp³-hybridized carbons (Fsp3) is 0.333. The molecule has 3 nitrogen and oxygen atoms in total. The number of hydrogen-bond donors (Lipinski definition) is 0. The van der Waals surface area contributed by atoms with Crippen molar-refractivity contribution in [3.05, 3.63) is 72.4 Å². The Balaban J connectivity index is 1.81. The van der Waals surface area contributed by atoms with Crippen LogP contribution in [-0.4, -0.2) is 12.8 Å². The first-order valence-electron chi connectivity index (χ1n) is 9.83. The molecule has 3 heteroatoms. The lowest BCUT2D eigenvalue weighted by Gasteiger charge is -2.34. The highest BCUT2D eigenvalue weighted by atomic mass is 16.7. The molecule has 0 aromatic heterocycles. The summed E-state index contributed by atoms with van der Waals surface area (Å²) in [5.74, 6) is 1.61. The zero-order chi connectivity index (χ0) is 19.1. The summed E-state index contributed by atoms with van der Waals surface area (Å²) < 4.78 is 10.9. The van der Waals surface area contributed by atoms with Crippen LogP contribution in [-0.2, 0) is 0 Å². The number of rotatable bonds is 9. The van der Waals surface area contributed by atoms with Gasteiger partial charge in [0, 0.05) is 17.4 Å². The molecule has 1 aliphatic heterocycles. The van der Waals surface area contributed by atoms with E-state index in [0.29, 0.717) is 12.8 Å². The lowest BCUT2D eigenvalue weighted by Crippen LogP contribution is -2.33. The van der Waals surface area contributed by atoms with Crippen molar-refractivity contribution in [1.29, 1.82) is 0 Å². The number of fused-ring (bicyclic) bond motifs is 1. The minimum absolute atomic E-state index is 0.298. The highest BCUT2D eigenvalue weighted by molar-refractivity contribution is 5.62. The molecule has 142 valence electrons. The lowest BCUT2D eigenvalue weighted by atomic mass is 10.0. The standard InChI is InChI=1S/C24H29NO2/c1-4-6-10-21(5-2)25(22-11-8-7-9-12-22)19(3)13-14-20-15-16-23-24(17-20)27-18-26-23/h7-9,11-17,21H,3-6,10,18H2,1-2H3/b14-13+/t21-/m1/s1. The highest BCUT2D eigenvalue weighted by Gasteiger charge is 2.18. The van der Waals surface area contributed by atoms with Gasteiger partial charge in [0.25, 0.3) is 0 Å². The summed E-state index contributed by atoms with van der Waals surface area (Å²) in [5, 5.41) is 0. The van der Waals surface area contributed by atoms with Gasteiger partial charge in [-0.3, -0.25) is 0 Å². The number of benzene rings is 2. The Kier molecular flexibility index (Phi) is 6.59. The van der Waals surface area contributed by atoms with Gasteiger partial charge in [-0.15, -0.1) is 0 Å². The van der Waals surface area contributed by atoms with Gasteiger partial charge >= 0.3 is 0 Å². The molecule has 0 radical (unpaired) electrons. The molecular formula is C24H29NO2. The molecule has 0 fully saturated rings. The number of unbranched alkanes of at least 4 members (excludes halogenated alkanes) is 1. The van der Waals surface area contributed by atoms with Gasteiger partial charge in [-0.05, 0) is 48.7 Å². The van der Waals surface area contributed by atoms with Crippen molar-refractivity contribution < 1.29 is 9.47 Å². The van der Waals surface area contributed by atoms with Crippen LogP contribution in [0.2, 0.25) is 0 Å². The third-order valence-electron chi connectivity index (χ3n) is 4.94. The zero-order valence-corrected chi connectivity index (χ0v) is 16.4. The predicted molar refractivity (Wildman–Crippen MR) is 113 cm³/mol. The quantitative estimate of drug-likeness (QED) is 0.480. The van der Waals surface area contributed by atoms with E-state index in [0.717, 1.165) is 29.2 Å². The molecule has 0 saturated carbocycles. The van der Waals surface area contributed by atoms with Gasteiger partial charge in [-0.2, -0.15) is 0 Å².